The molecule has 0 saturated carbocycles. The molecular weight excluding hydrogens is 372 g/mol. The van der Waals surface area contributed by atoms with Crippen LogP contribution in [0.3, 0.4) is 0 Å². The zero-order valence-electron chi connectivity index (χ0n) is 15.6. The molecule has 2 atom stereocenters. The van der Waals surface area contributed by atoms with Crippen LogP contribution in [-0.4, -0.2) is 52.8 Å². The Labute approximate surface area is 159 Å². The summed E-state index contributed by atoms with van der Waals surface area (Å²) in [5, 5.41) is 2.79. The highest BCUT2D eigenvalue weighted by Gasteiger charge is 2.30. The number of carbonyl (C=O) groups excluding carboxylic acids is 1. The molecule has 2 aliphatic rings. The van der Waals surface area contributed by atoms with Crippen molar-refractivity contribution < 1.29 is 27.4 Å². The third-order valence-electron chi connectivity index (χ3n) is 4.58. The summed E-state index contributed by atoms with van der Waals surface area (Å²) in [6.07, 6.45) is 1.87. The van der Waals surface area contributed by atoms with Crippen molar-refractivity contribution in [1.29, 1.82) is 0 Å². The van der Waals surface area contributed by atoms with Crippen LogP contribution in [-0.2, 0) is 19.6 Å². The van der Waals surface area contributed by atoms with Gasteiger partial charge in [0.1, 0.15) is 19.3 Å². The third-order valence-corrected chi connectivity index (χ3v) is 6.02. The van der Waals surface area contributed by atoms with Gasteiger partial charge in [0.15, 0.2) is 11.5 Å². The Hall–Kier alpha value is -1.84. The van der Waals surface area contributed by atoms with E-state index in [1.807, 2.05) is 0 Å². The lowest BCUT2D eigenvalue weighted by Gasteiger charge is -2.23. The normalized spacial score (nSPS) is 20.5. The monoisotopic (exact) mass is 398 g/mol. The molecule has 2 unspecified atom stereocenters. The quantitative estimate of drug-likeness (QED) is 0.712. The number of carbonyl (C=O) groups is 1. The van der Waals surface area contributed by atoms with E-state index in [-0.39, 0.29) is 22.8 Å². The second-order valence-corrected chi connectivity index (χ2v) is 8.74. The number of benzene rings is 1. The summed E-state index contributed by atoms with van der Waals surface area (Å²) in [6, 6.07) is 3.53. The third kappa shape index (κ3) is 4.91. The zero-order chi connectivity index (χ0) is 19.4. The zero-order valence-corrected chi connectivity index (χ0v) is 16.4. The Morgan fingerprint density at radius 3 is 2.59 bits per heavy atom. The molecule has 3 rings (SSSR count). The lowest BCUT2D eigenvalue weighted by molar-refractivity contribution is -0.124. The Bertz CT molecular complexity index is 774. The lowest BCUT2D eigenvalue weighted by atomic mass is 10.0. The summed E-state index contributed by atoms with van der Waals surface area (Å²) >= 11 is 0. The van der Waals surface area contributed by atoms with Crippen LogP contribution < -0.4 is 19.5 Å². The van der Waals surface area contributed by atoms with Crippen molar-refractivity contribution >= 4 is 15.9 Å². The van der Waals surface area contributed by atoms with Crippen LogP contribution in [0.1, 0.15) is 26.7 Å². The molecular formula is C18H26N2O6S. The molecule has 2 aliphatic heterocycles. The minimum atomic E-state index is -3.90. The largest absolute Gasteiger partial charge is 0.486 e. The van der Waals surface area contributed by atoms with Gasteiger partial charge in [-0.25, -0.2) is 8.42 Å². The summed E-state index contributed by atoms with van der Waals surface area (Å²) in [5.41, 5.74) is 0. The van der Waals surface area contributed by atoms with Crippen molar-refractivity contribution in [1.82, 2.24) is 10.0 Å². The predicted molar refractivity (Wildman–Crippen MR) is 98.4 cm³/mol. The van der Waals surface area contributed by atoms with Crippen LogP contribution in [0.4, 0.5) is 0 Å². The van der Waals surface area contributed by atoms with Crippen molar-refractivity contribution in [3.8, 4) is 11.5 Å². The Balaban J connectivity index is 1.69. The molecule has 2 heterocycles. The fraction of sp³-hybridized carbons (Fsp3) is 0.611. The van der Waals surface area contributed by atoms with Gasteiger partial charge in [0.05, 0.1) is 11.0 Å². The van der Waals surface area contributed by atoms with Crippen LogP contribution in [0.25, 0.3) is 0 Å². The van der Waals surface area contributed by atoms with Gasteiger partial charge in [-0.1, -0.05) is 13.8 Å². The molecule has 0 aromatic heterocycles. The standard InChI is InChI=1S/C18H26N2O6S/c1-12(2)17(18(21)19-11-13-4-3-7-24-13)20-27(22,23)14-5-6-15-16(10-14)26-9-8-25-15/h5-6,10,12-13,17,20H,3-4,7-9,11H2,1-2H3,(H,19,21). The Morgan fingerprint density at radius 2 is 1.93 bits per heavy atom. The highest BCUT2D eigenvalue weighted by molar-refractivity contribution is 7.89. The van der Waals surface area contributed by atoms with Gasteiger partial charge in [-0.15, -0.1) is 0 Å². The number of rotatable bonds is 7. The van der Waals surface area contributed by atoms with Crippen LogP contribution in [0, 0.1) is 5.92 Å². The van der Waals surface area contributed by atoms with Gasteiger partial charge in [0.25, 0.3) is 0 Å². The lowest BCUT2D eigenvalue weighted by Crippen LogP contribution is -2.50. The van der Waals surface area contributed by atoms with E-state index in [9.17, 15) is 13.2 Å². The van der Waals surface area contributed by atoms with E-state index >= 15 is 0 Å². The second kappa shape index (κ2) is 8.45. The number of sulfonamides is 1. The fourth-order valence-electron chi connectivity index (χ4n) is 3.05. The van der Waals surface area contributed by atoms with Gasteiger partial charge in [-0.2, -0.15) is 4.72 Å². The minimum absolute atomic E-state index is 0.00355. The van der Waals surface area contributed by atoms with Crippen LogP contribution in [0.15, 0.2) is 23.1 Å². The summed E-state index contributed by atoms with van der Waals surface area (Å²) < 4.78 is 44.4. The summed E-state index contributed by atoms with van der Waals surface area (Å²) in [4.78, 5) is 12.6. The number of ether oxygens (including phenoxy) is 3. The molecule has 2 N–H and O–H groups in total. The van der Waals surface area contributed by atoms with Gasteiger partial charge < -0.3 is 19.5 Å². The smallest absolute Gasteiger partial charge is 0.241 e. The van der Waals surface area contributed by atoms with Crippen LogP contribution in [0.2, 0.25) is 0 Å². The topological polar surface area (TPSA) is 103 Å². The number of amides is 1. The molecule has 8 nitrogen and oxygen atoms in total. The van der Waals surface area contributed by atoms with E-state index < -0.39 is 16.1 Å². The predicted octanol–water partition coefficient (Wildman–Crippen LogP) is 1.06. The van der Waals surface area contributed by atoms with Crippen molar-refractivity contribution in [3.05, 3.63) is 18.2 Å². The van der Waals surface area contributed by atoms with Crippen molar-refractivity contribution in [2.45, 2.75) is 43.7 Å². The van der Waals surface area contributed by atoms with Gasteiger partial charge in [-0.05, 0) is 30.9 Å². The minimum Gasteiger partial charge on any atom is -0.486 e. The highest BCUT2D eigenvalue weighted by atomic mass is 32.2. The van der Waals surface area contributed by atoms with Crippen molar-refractivity contribution in [2.75, 3.05) is 26.4 Å². The summed E-state index contributed by atoms with van der Waals surface area (Å²) in [5.74, 6) is 0.311. The number of nitrogens with one attached hydrogen (secondary N) is 2. The maximum atomic E-state index is 12.8. The van der Waals surface area contributed by atoms with E-state index in [1.165, 1.54) is 12.1 Å². The van der Waals surface area contributed by atoms with Gasteiger partial charge in [0, 0.05) is 19.2 Å². The first-order valence-corrected chi connectivity index (χ1v) is 10.7. The van der Waals surface area contributed by atoms with Crippen LogP contribution >= 0.6 is 0 Å². The second-order valence-electron chi connectivity index (χ2n) is 7.03. The average molecular weight is 398 g/mol. The molecule has 1 aromatic rings. The summed E-state index contributed by atoms with van der Waals surface area (Å²) in [6.45, 7) is 5.46. The molecule has 1 saturated heterocycles. The van der Waals surface area contributed by atoms with E-state index in [2.05, 4.69) is 10.0 Å². The van der Waals surface area contributed by atoms with Gasteiger partial charge >= 0.3 is 0 Å². The summed E-state index contributed by atoms with van der Waals surface area (Å²) in [7, 11) is -3.90. The Morgan fingerprint density at radius 1 is 1.19 bits per heavy atom. The van der Waals surface area contributed by atoms with Crippen molar-refractivity contribution in [3.63, 3.8) is 0 Å². The molecule has 0 bridgehead atoms. The SMILES string of the molecule is CC(C)C(NS(=O)(=O)c1ccc2c(c1)OCCO2)C(=O)NCC1CCCO1. The molecule has 1 amide bonds. The van der Waals surface area contributed by atoms with E-state index in [1.54, 1.807) is 19.9 Å². The maximum Gasteiger partial charge on any atom is 0.241 e. The van der Waals surface area contributed by atoms with Crippen LogP contribution in [0.5, 0.6) is 11.5 Å². The first-order valence-electron chi connectivity index (χ1n) is 9.18. The number of fused-ring (bicyclic) bond motifs is 1. The van der Waals surface area contributed by atoms with E-state index in [4.69, 9.17) is 14.2 Å². The fourth-order valence-corrected chi connectivity index (χ4v) is 4.41. The average Bonchev–Trinajstić information content (AvgIpc) is 3.17. The number of hydrogen-bond donors (Lipinski definition) is 2. The molecule has 27 heavy (non-hydrogen) atoms. The molecule has 0 aliphatic carbocycles. The first kappa shape index (κ1) is 19.9. The molecule has 150 valence electrons. The highest BCUT2D eigenvalue weighted by Crippen LogP contribution is 2.32. The van der Waals surface area contributed by atoms with Crippen molar-refractivity contribution in [2.24, 2.45) is 5.92 Å². The molecule has 0 radical (unpaired) electrons. The molecule has 0 spiro atoms. The van der Waals surface area contributed by atoms with E-state index in [0.29, 0.717) is 37.9 Å². The Kier molecular flexibility index (Phi) is 6.23. The van der Waals surface area contributed by atoms with Gasteiger partial charge in [0.2, 0.25) is 15.9 Å². The maximum absolute atomic E-state index is 12.8. The molecule has 1 fully saturated rings. The van der Waals surface area contributed by atoms with Gasteiger partial charge in [-0.3, -0.25) is 4.79 Å². The molecule has 1 aromatic carbocycles. The number of hydrogen-bond acceptors (Lipinski definition) is 6. The first-order chi connectivity index (χ1) is 12.9. The molecule has 9 heteroatoms. The van der Waals surface area contributed by atoms with E-state index in [0.717, 1.165) is 12.8 Å².